The van der Waals surface area contributed by atoms with Crippen LogP contribution in [-0.2, 0) is 17.8 Å². The van der Waals surface area contributed by atoms with Gasteiger partial charge in [0.05, 0.1) is 36.6 Å². The molecule has 2 rings (SSSR count). The van der Waals surface area contributed by atoms with Crippen LogP contribution in [0.4, 0.5) is 0 Å². The lowest BCUT2D eigenvalue weighted by Crippen LogP contribution is -2.39. The highest BCUT2D eigenvalue weighted by atomic mass is 127. The van der Waals surface area contributed by atoms with E-state index in [-0.39, 0.29) is 30.6 Å². The quantitative estimate of drug-likeness (QED) is 0.256. The van der Waals surface area contributed by atoms with E-state index >= 15 is 0 Å². The Morgan fingerprint density at radius 2 is 2.00 bits per heavy atom. The van der Waals surface area contributed by atoms with Crippen molar-refractivity contribution < 1.29 is 9.84 Å². The standard InChI is InChI=1S/C20H30N4O2S.HI/c1-4-21-20(22-11-10-19-24-15(2)16(3)27-19)23-12-18(25)14-26-13-17-8-6-5-7-9-17;/h5-9,18,25H,4,10-14H2,1-3H3,(H2,21,22,23);1H. The van der Waals surface area contributed by atoms with Crippen molar-refractivity contribution >= 4 is 41.3 Å². The van der Waals surface area contributed by atoms with Gasteiger partial charge in [-0.3, -0.25) is 4.99 Å². The number of thiazole rings is 1. The number of aryl methyl sites for hydroxylation is 2. The van der Waals surface area contributed by atoms with Crippen molar-refractivity contribution in [2.75, 3.05) is 26.2 Å². The minimum atomic E-state index is -0.631. The molecule has 1 atom stereocenters. The molecule has 2 aromatic rings. The maximum Gasteiger partial charge on any atom is 0.191 e. The van der Waals surface area contributed by atoms with Crippen LogP contribution in [0.3, 0.4) is 0 Å². The summed E-state index contributed by atoms with van der Waals surface area (Å²) in [5.74, 6) is 0.699. The van der Waals surface area contributed by atoms with E-state index in [9.17, 15) is 5.11 Å². The molecule has 1 aromatic heterocycles. The lowest BCUT2D eigenvalue weighted by Gasteiger charge is -2.13. The number of aliphatic hydroxyl groups excluding tert-OH is 1. The van der Waals surface area contributed by atoms with Crippen LogP contribution in [-0.4, -0.2) is 48.4 Å². The van der Waals surface area contributed by atoms with E-state index in [1.54, 1.807) is 11.3 Å². The number of hydrogen-bond acceptors (Lipinski definition) is 5. The van der Waals surface area contributed by atoms with Crippen molar-refractivity contribution in [3.63, 3.8) is 0 Å². The van der Waals surface area contributed by atoms with Gasteiger partial charge < -0.3 is 20.5 Å². The molecule has 0 aliphatic heterocycles. The van der Waals surface area contributed by atoms with Gasteiger partial charge in [-0.05, 0) is 26.3 Å². The topological polar surface area (TPSA) is 78.8 Å². The molecule has 0 spiro atoms. The zero-order valence-corrected chi connectivity index (χ0v) is 19.9. The van der Waals surface area contributed by atoms with Crippen LogP contribution < -0.4 is 10.6 Å². The molecule has 1 aromatic carbocycles. The molecule has 156 valence electrons. The average Bonchev–Trinajstić information content (AvgIpc) is 2.98. The van der Waals surface area contributed by atoms with Gasteiger partial charge in [-0.1, -0.05) is 30.3 Å². The fourth-order valence-electron chi connectivity index (χ4n) is 2.41. The third kappa shape index (κ3) is 9.31. The van der Waals surface area contributed by atoms with E-state index in [1.165, 1.54) is 4.88 Å². The minimum Gasteiger partial charge on any atom is -0.389 e. The number of aliphatic hydroxyl groups is 1. The molecule has 0 amide bonds. The van der Waals surface area contributed by atoms with Crippen LogP contribution in [0, 0.1) is 13.8 Å². The lowest BCUT2D eigenvalue weighted by atomic mass is 10.2. The highest BCUT2D eigenvalue weighted by Gasteiger charge is 2.06. The third-order valence-corrected chi connectivity index (χ3v) is 5.06. The number of guanidine groups is 1. The first-order valence-electron chi connectivity index (χ1n) is 9.33. The molecular weight excluding hydrogens is 487 g/mol. The monoisotopic (exact) mass is 518 g/mol. The Kier molecular flexibility index (Phi) is 12.3. The molecule has 0 fully saturated rings. The Bertz CT molecular complexity index is 690. The number of rotatable bonds is 10. The summed E-state index contributed by atoms with van der Waals surface area (Å²) in [6, 6.07) is 9.93. The first kappa shape index (κ1) is 24.8. The van der Waals surface area contributed by atoms with E-state index in [1.807, 2.05) is 44.2 Å². The molecule has 0 aliphatic carbocycles. The molecule has 8 heteroatoms. The van der Waals surface area contributed by atoms with Gasteiger partial charge in [0.2, 0.25) is 0 Å². The summed E-state index contributed by atoms with van der Waals surface area (Å²) in [5, 5.41) is 17.7. The van der Waals surface area contributed by atoms with E-state index in [2.05, 4.69) is 27.5 Å². The van der Waals surface area contributed by atoms with Gasteiger partial charge in [0.25, 0.3) is 0 Å². The number of halogens is 1. The van der Waals surface area contributed by atoms with Gasteiger partial charge in [0.1, 0.15) is 0 Å². The van der Waals surface area contributed by atoms with Crippen LogP contribution in [0.15, 0.2) is 35.3 Å². The summed E-state index contributed by atoms with van der Waals surface area (Å²) in [5.41, 5.74) is 2.20. The van der Waals surface area contributed by atoms with Gasteiger partial charge in [-0.2, -0.15) is 0 Å². The van der Waals surface area contributed by atoms with Gasteiger partial charge in [0.15, 0.2) is 5.96 Å². The number of ether oxygens (including phenoxy) is 1. The molecule has 0 saturated carbocycles. The molecule has 1 heterocycles. The lowest BCUT2D eigenvalue weighted by molar-refractivity contribution is 0.0331. The Balaban J connectivity index is 0.00000392. The van der Waals surface area contributed by atoms with Crippen LogP contribution >= 0.6 is 35.3 Å². The minimum absolute atomic E-state index is 0. The Morgan fingerprint density at radius 1 is 1.25 bits per heavy atom. The van der Waals surface area contributed by atoms with Crippen molar-refractivity contribution in [2.45, 2.75) is 39.9 Å². The van der Waals surface area contributed by atoms with E-state index in [0.717, 1.165) is 35.8 Å². The molecule has 28 heavy (non-hydrogen) atoms. The fourth-order valence-corrected chi connectivity index (χ4v) is 3.35. The molecule has 6 nitrogen and oxygen atoms in total. The number of nitrogens with one attached hydrogen (secondary N) is 2. The molecule has 0 aliphatic rings. The van der Waals surface area contributed by atoms with E-state index < -0.39 is 6.10 Å². The third-order valence-electron chi connectivity index (χ3n) is 3.93. The second-order valence-corrected chi connectivity index (χ2v) is 7.59. The van der Waals surface area contributed by atoms with Crippen LogP contribution in [0.1, 0.15) is 28.1 Å². The summed E-state index contributed by atoms with van der Waals surface area (Å²) in [4.78, 5) is 10.3. The second-order valence-electron chi connectivity index (χ2n) is 6.30. The van der Waals surface area contributed by atoms with Crippen LogP contribution in [0.2, 0.25) is 0 Å². The van der Waals surface area contributed by atoms with Gasteiger partial charge in [0, 0.05) is 24.4 Å². The highest BCUT2D eigenvalue weighted by molar-refractivity contribution is 14.0. The van der Waals surface area contributed by atoms with Crippen LogP contribution in [0.5, 0.6) is 0 Å². The maximum atomic E-state index is 10.1. The predicted molar refractivity (Wildman–Crippen MR) is 127 cm³/mol. The molecule has 0 radical (unpaired) electrons. The summed E-state index contributed by atoms with van der Waals surface area (Å²) >= 11 is 1.74. The molecule has 0 bridgehead atoms. The van der Waals surface area contributed by atoms with Crippen molar-refractivity contribution in [3.05, 3.63) is 51.5 Å². The highest BCUT2D eigenvalue weighted by Crippen LogP contribution is 2.16. The van der Waals surface area contributed by atoms with E-state index in [0.29, 0.717) is 19.1 Å². The molecule has 3 N–H and O–H groups in total. The Labute approximate surface area is 188 Å². The number of aliphatic imine (C=N–C) groups is 1. The fraction of sp³-hybridized carbons (Fsp3) is 0.500. The molecule has 0 saturated heterocycles. The van der Waals surface area contributed by atoms with E-state index in [4.69, 9.17) is 4.74 Å². The van der Waals surface area contributed by atoms with Gasteiger partial charge in [-0.15, -0.1) is 35.3 Å². The second kappa shape index (κ2) is 13.9. The smallest absolute Gasteiger partial charge is 0.191 e. The number of benzene rings is 1. The SMILES string of the molecule is CCNC(=NCC(O)COCc1ccccc1)NCCc1nc(C)c(C)s1.I. The maximum absolute atomic E-state index is 10.1. The van der Waals surface area contributed by atoms with Crippen molar-refractivity contribution in [1.29, 1.82) is 0 Å². The number of nitrogens with zero attached hydrogens (tertiary/aromatic N) is 2. The Morgan fingerprint density at radius 3 is 2.64 bits per heavy atom. The van der Waals surface area contributed by atoms with Crippen molar-refractivity contribution in [1.82, 2.24) is 15.6 Å². The summed E-state index contributed by atoms with van der Waals surface area (Å²) in [6.07, 6.45) is 0.223. The van der Waals surface area contributed by atoms with Gasteiger partial charge in [-0.25, -0.2) is 4.98 Å². The largest absolute Gasteiger partial charge is 0.389 e. The van der Waals surface area contributed by atoms with Crippen LogP contribution in [0.25, 0.3) is 0 Å². The Hall–Kier alpha value is -1.23. The summed E-state index contributed by atoms with van der Waals surface area (Å²) < 4.78 is 5.56. The first-order chi connectivity index (χ1) is 13.1. The zero-order valence-electron chi connectivity index (χ0n) is 16.8. The predicted octanol–water partition coefficient (Wildman–Crippen LogP) is 3.05. The number of aromatic nitrogens is 1. The zero-order chi connectivity index (χ0) is 19.5. The molecular formula is C20H31IN4O2S. The summed E-state index contributed by atoms with van der Waals surface area (Å²) in [7, 11) is 0. The normalized spacial score (nSPS) is 12.4. The average molecular weight is 518 g/mol. The summed E-state index contributed by atoms with van der Waals surface area (Å²) in [6.45, 7) is 8.71. The van der Waals surface area contributed by atoms with Gasteiger partial charge >= 0.3 is 0 Å². The number of hydrogen-bond donors (Lipinski definition) is 3. The molecule has 1 unspecified atom stereocenters. The van der Waals surface area contributed by atoms with Crippen molar-refractivity contribution in [3.8, 4) is 0 Å². The van der Waals surface area contributed by atoms with Crippen molar-refractivity contribution in [2.24, 2.45) is 4.99 Å². The first-order valence-corrected chi connectivity index (χ1v) is 10.1.